The van der Waals surface area contributed by atoms with Gasteiger partial charge < -0.3 is 4.90 Å². The van der Waals surface area contributed by atoms with E-state index in [0.29, 0.717) is 11.5 Å². The number of carbonyl (C=O) groups excluding carboxylic acids is 1. The minimum atomic E-state index is -0.207. The molecule has 1 heterocycles. The third-order valence-electron chi connectivity index (χ3n) is 5.38. The zero-order valence-electron chi connectivity index (χ0n) is 16.9. The first kappa shape index (κ1) is 19.1. The number of para-hydroxylation sites is 1. The number of carbonyl (C=O) groups is 1. The molecular formula is C24H26N4O. The molecule has 1 aliphatic rings. The van der Waals surface area contributed by atoms with Gasteiger partial charge in [-0.2, -0.15) is 5.10 Å². The second-order valence-corrected chi connectivity index (χ2v) is 7.35. The summed E-state index contributed by atoms with van der Waals surface area (Å²) in [6.45, 7) is 6.24. The second-order valence-electron chi connectivity index (χ2n) is 7.35. The van der Waals surface area contributed by atoms with Crippen molar-refractivity contribution in [3.05, 3.63) is 71.4 Å². The molecule has 2 aromatic carbocycles. The molecular weight excluding hydrogens is 360 g/mol. The lowest BCUT2D eigenvalue weighted by Gasteiger charge is -2.20. The van der Waals surface area contributed by atoms with E-state index in [1.54, 1.807) is 6.21 Å². The van der Waals surface area contributed by atoms with E-state index in [0.717, 1.165) is 48.1 Å². The van der Waals surface area contributed by atoms with Crippen LogP contribution in [-0.4, -0.2) is 30.2 Å². The van der Waals surface area contributed by atoms with Crippen molar-refractivity contribution in [1.82, 2.24) is 10.4 Å². The molecule has 0 saturated heterocycles. The van der Waals surface area contributed by atoms with Crippen LogP contribution < -0.4 is 10.3 Å². The molecule has 148 valence electrons. The molecule has 0 spiro atoms. The normalized spacial score (nSPS) is 13.7. The van der Waals surface area contributed by atoms with Crippen LogP contribution in [0.5, 0.6) is 0 Å². The quantitative estimate of drug-likeness (QED) is 0.472. The summed E-state index contributed by atoms with van der Waals surface area (Å²) in [7, 11) is 0. The summed E-state index contributed by atoms with van der Waals surface area (Å²) in [6, 6.07) is 17.9. The number of benzene rings is 2. The van der Waals surface area contributed by atoms with Crippen LogP contribution in [0.3, 0.4) is 0 Å². The lowest BCUT2D eigenvalue weighted by molar-refractivity contribution is 0.0956. The number of pyridine rings is 1. The molecule has 4 rings (SSSR count). The number of amides is 1. The maximum Gasteiger partial charge on any atom is 0.272 e. The Morgan fingerprint density at radius 3 is 2.55 bits per heavy atom. The maximum absolute atomic E-state index is 12.8. The van der Waals surface area contributed by atoms with Gasteiger partial charge in [0, 0.05) is 35.8 Å². The highest BCUT2D eigenvalue weighted by molar-refractivity contribution is 6.06. The SMILES string of the molecule is CCN(CC)c1ccc(/C=N/NC(=O)c2cc(C3CC3)nc3ccccc23)cc1. The van der Waals surface area contributed by atoms with Gasteiger partial charge >= 0.3 is 0 Å². The fourth-order valence-electron chi connectivity index (χ4n) is 3.56. The van der Waals surface area contributed by atoms with E-state index < -0.39 is 0 Å². The Hall–Kier alpha value is -3.21. The van der Waals surface area contributed by atoms with Crippen molar-refractivity contribution in [2.45, 2.75) is 32.6 Å². The molecule has 5 heteroatoms. The number of hydrogen-bond donors (Lipinski definition) is 1. The molecule has 29 heavy (non-hydrogen) atoms. The Balaban J connectivity index is 1.50. The predicted octanol–water partition coefficient (Wildman–Crippen LogP) is 4.72. The minimum absolute atomic E-state index is 0.207. The number of rotatable bonds is 7. The van der Waals surface area contributed by atoms with Crippen LogP contribution in [0.1, 0.15) is 54.2 Å². The molecule has 0 unspecified atom stereocenters. The molecule has 1 amide bonds. The van der Waals surface area contributed by atoms with Crippen LogP contribution in [-0.2, 0) is 0 Å². The Labute approximate surface area is 171 Å². The summed E-state index contributed by atoms with van der Waals surface area (Å²) in [4.78, 5) is 19.8. The largest absolute Gasteiger partial charge is 0.372 e. The molecule has 0 atom stereocenters. The molecule has 1 N–H and O–H groups in total. The molecule has 1 aromatic heterocycles. The van der Waals surface area contributed by atoms with Crippen LogP contribution in [0.2, 0.25) is 0 Å². The van der Waals surface area contributed by atoms with Crippen molar-refractivity contribution in [2.75, 3.05) is 18.0 Å². The van der Waals surface area contributed by atoms with Crippen molar-refractivity contribution in [2.24, 2.45) is 5.10 Å². The summed E-state index contributed by atoms with van der Waals surface area (Å²) in [5.41, 5.74) is 7.30. The van der Waals surface area contributed by atoms with E-state index in [2.05, 4.69) is 41.4 Å². The maximum atomic E-state index is 12.8. The van der Waals surface area contributed by atoms with Gasteiger partial charge in [0.2, 0.25) is 0 Å². The van der Waals surface area contributed by atoms with Gasteiger partial charge in [0.1, 0.15) is 0 Å². The predicted molar refractivity (Wildman–Crippen MR) is 119 cm³/mol. The Kier molecular flexibility index (Phi) is 5.56. The number of aromatic nitrogens is 1. The number of fused-ring (bicyclic) bond motifs is 1. The van der Waals surface area contributed by atoms with Crippen molar-refractivity contribution < 1.29 is 4.79 Å². The van der Waals surface area contributed by atoms with Gasteiger partial charge in [-0.05, 0) is 56.5 Å². The molecule has 1 saturated carbocycles. The van der Waals surface area contributed by atoms with E-state index in [4.69, 9.17) is 4.98 Å². The van der Waals surface area contributed by atoms with E-state index in [9.17, 15) is 4.79 Å². The summed E-state index contributed by atoms with van der Waals surface area (Å²) in [6.07, 6.45) is 3.97. The molecule has 0 bridgehead atoms. The van der Waals surface area contributed by atoms with E-state index in [1.165, 1.54) is 5.69 Å². The van der Waals surface area contributed by atoms with Crippen LogP contribution >= 0.6 is 0 Å². The monoisotopic (exact) mass is 386 g/mol. The number of hydrazone groups is 1. The molecule has 0 radical (unpaired) electrons. The average molecular weight is 386 g/mol. The van der Waals surface area contributed by atoms with E-state index >= 15 is 0 Å². The molecule has 1 aliphatic carbocycles. The van der Waals surface area contributed by atoms with Gasteiger partial charge in [-0.15, -0.1) is 0 Å². The first-order valence-electron chi connectivity index (χ1n) is 10.3. The van der Waals surface area contributed by atoms with Gasteiger partial charge in [-0.3, -0.25) is 9.78 Å². The Morgan fingerprint density at radius 1 is 1.14 bits per heavy atom. The molecule has 3 aromatic rings. The van der Waals surface area contributed by atoms with Crippen molar-refractivity contribution in [3.8, 4) is 0 Å². The second kappa shape index (κ2) is 8.43. The smallest absolute Gasteiger partial charge is 0.272 e. The highest BCUT2D eigenvalue weighted by atomic mass is 16.2. The fraction of sp³-hybridized carbons (Fsp3) is 0.292. The summed E-state index contributed by atoms with van der Waals surface area (Å²) in [5, 5.41) is 5.03. The van der Waals surface area contributed by atoms with Crippen molar-refractivity contribution in [1.29, 1.82) is 0 Å². The molecule has 1 fully saturated rings. The highest BCUT2D eigenvalue weighted by Gasteiger charge is 2.26. The van der Waals surface area contributed by atoms with Gasteiger partial charge in [-0.1, -0.05) is 30.3 Å². The van der Waals surface area contributed by atoms with E-state index in [-0.39, 0.29) is 5.91 Å². The summed E-state index contributed by atoms with van der Waals surface area (Å²) < 4.78 is 0. The number of nitrogens with zero attached hydrogens (tertiary/aromatic N) is 3. The van der Waals surface area contributed by atoms with Gasteiger partial charge in [0.25, 0.3) is 5.91 Å². The first-order chi connectivity index (χ1) is 14.2. The number of anilines is 1. The Bertz CT molecular complexity index is 1030. The average Bonchev–Trinajstić information content (AvgIpc) is 3.60. The molecule has 0 aliphatic heterocycles. The Morgan fingerprint density at radius 2 is 1.86 bits per heavy atom. The topological polar surface area (TPSA) is 57.6 Å². The first-order valence-corrected chi connectivity index (χ1v) is 10.3. The third-order valence-corrected chi connectivity index (χ3v) is 5.38. The minimum Gasteiger partial charge on any atom is -0.372 e. The lowest BCUT2D eigenvalue weighted by Crippen LogP contribution is -2.21. The summed E-state index contributed by atoms with van der Waals surface area (Å²) in [5.74, 6) is 0.278. The van der Waals surface area contributed by atoms with Gasteiger partial charge in [-0.25, -0.2) is 5.43 Å². The zero-order chi connectivity index (χ0) is 20.2. The van der Waals surface area contributed by atoms with Crippen LogP contribution in [0.4, 0.5) is 5.69 Å². The summed E-state index contributed by atoms with van der Waals surface area (Å²) >= 11 is 0. The zero-order valence-corrected chi connectivity index (χ0v) is 16.9. The van der Waals surface area contributed by atoms with Crippen molar-refractivity contribution >= 4 is 28.7 Å². The van der Waals surface area contributed by atoms with Crippen LogP contribution in [0.25, 0.3) is 10.9 Å². The highest BCUT2D eigenvalue weighted by Crippen LogP contribution is 2.40. The molecule has 5 nitrogen and oxygen atoms in total. The number of hydrogen-bond acceptors (Lipinski definition) is 4. The third kappa shape index (κ3) is 4.29. The lowest BCUT2D eigenvalue weighted by atomic mass is 10.1. The van der Waals surface area contributed by atoms with E-state index in [1.807, 2.05) is 42.5 Å². The standard InChI is InChI=1S/C24H26N4O/c1-3-28(4-2)19-13-9-17(10-14-19)16-25-27-24(29)21-15-23(18-11-12-18)26-22-8-6-5-7-20(21)22/h5-10,13-16,18H,3-4,11-12H2,1-2H3,(H,27,29)/b25-16+. The van der Waals surface area contributed by atoms with Crippen LogP contribution in [0.15, 0.2) is 59.7 Å². The number of nitrogens with one attached hydrogen (secondary N) is 1. The fourth-order valence-corrected chi connectivity index (χ4v) is 3.56. The van der Waals surface area contributed by atoms with Crippen LogP contribution in [0, 0.1) is 0 Å². The van der Waals surface area contributed by atoms with Crippen molar-refractivity contribution in [3.63, 3.8) is 0 Å². The van der Waals surface area contributed by atoms with Gasteiger partial charge in [0.05, 0.1) is 17.3 Å². The van der Waals surface area contributed by atoms with Gasteiger partial charge in [0.15, 0.2) is 0 Å².